The van der Waals surface area contributed by atoms with E-state index in [9.17, 15) is 13.2 Å². The molecule has 9 heteroatoms. The second-order valence-electron chi connectivity index (χ2n) is 6.59. The van der Waals surface area contributed by atoms with Gasteiger partial charge in [0.05, 0.1) is 32.5 Å². The van der Waals surface area contributed by atoms with Gasteiger partial charge in [0.2, 0.25) is 0 Å². The predicted octanol–water partition coefficient (Wildman–Crippen LogP) is 2.77. The number of hydrogen-bond acceptors (Lipinski definition) is 4. The van der Waals surface area contributed by atoms with Crippen LogP contribution < -0.4 is 10.1 Å². The van der Waals surface area contributed by atoms with Gasteiger partial charge in [-0.2, -0.15) is 13.2 Å². The number of rotatable bonds is 8. The van der Waals surface area contributed by atoms with E-state index >= 15 is 0 Å². The smallest absolute Gasteiger partial charge is 0.416 e. The summed E-state index contributed by atoms with van der Waals surface area (Å²) >= 11 is 0. The van der Waals surface area contributed by atoms with Gasteiger partial charge in [-0.1, -0.05) is 6.07 Å². The van der Waals surface area contributed by atoms with Gasteiger partial charge in [-0.15, -0.1) is 0 Å². The largest absolute Gasteiger partial charge is 0.497 e. The fraction of sp³-hybridized carbons (Fsp3) is 0.632. The normalized spacial score (nSPS) is 17.9. The first kappa shape index (κ1) is 22.3. The van der Waals surface area contributed by atoms with Gasteiger partial charge >= 0.3 is 6.18 Å². The topological polar surface area (TPSA) is 55.3 Å². The van der Waals surface area contributed by atoms with Crippen LogP contribution in [-0.2, 0) is 22.2 Å². The zero-order valence-corrected chi connectivity index (χ0v) is 16.5. The minimum absolute atomic E-state index is 0.0248. The Morgan fingerprint density at radius 2 is 2.07 bits per heavy atom. The zero-order chi connectivity index (χ0) is 20.6. The third-order valence-electron chi connectivity index (χ3n) is 4.64. The summed E-state index contributed by atoms with van der Waals surface area (Å²) in [6.45, 7) is 3.30. The van der Waals surface area contributed by atoms with Crippen LogP contribution in [0.25, 0.3) is 0 Å². The summed E-state index contributed by atoms with van der Waals surface area (Å²) < 4.78 is 55.5. The first-order chi connectivity index (χ1) is 13.4. The molecule has 1 heterocycles. The molecule has 1 aromatic rings. The highest BCUT2D eigenvalue weighted by Crippen LogP contribution is 2.34. The van der Waals surface area contributed by atoms with Crippen molar-refractivity contribution >= 4 is 5.96 Å². The van der Waals surface area contributed by atoms with Crippen molar-refractivity contribution in [3.63, 3.8) is 0 Å². The average Bonchev–Trinajstić information content (AvgIpc) is 3.14. The molecule has 2 rings (SSSR count). The minimum Gasteiger partial charge on any atom is -0.497 e. The Labute approximate surface area is 163 Å². The Morgan fingerprint density at radius 3 is 2.71 bits per heavy atom. The number of nitrogens with zero attached hydrogens (tertiary/aromatic N) is 2. The van der Waals surface area contributed by atoms with Gasteiger partial charge in [-0.25, -0.2) is 0 Å². The molecule has 0 bridgehead atoms. The molecule has 0 saturated carbocycles. The molecule has 0 aromatic heterocycles. The SMILES string of the molecule is CN=C(NCc1ccc(OC)cc1C(F)(F)F)N1CCC(COCCOC)C1. The van der Waals surface area contributed by atoms with Crippen molar-refractivity contribution < 1.29 is 27.4 Å². The van der Waals surface area contributed by atoms with Crippen molar-refractivity contribution in [2.45, 2.75) is 19.1 Å². The number of benzene rings is 1. The van der Waals surface area contributed by atoms with Crippen LogP contribution in [0, 0.1) is 5.92 Å². The number of nitrogens with one attached hydrogen (secondary N) is 1. The van der Waals surface area contributed by atoms with Crippen molar-refractivity contribution in [3.8, 4) is 5.75 Å². The molecule has 28 heavy (non-hydrogen) atoms. The van der Waals surface area contributed by atoms with Crippen LogP contribution >= 0.6 is 0 Å². The summed E-state index contributed by atoms with van der Waals surface area (Å²) in [5.41, 5.74) is -0.561. The summed E-state index contributed by atoms with van der Waals surface area (Å²) in [5, 5.41) is 3.05. The maximum atomic E-state index is 13.3. The first-order valence-corrected chi connectivity index (χ1v) is 9.15. The highest BCUT2D eigenvalue weighted by atomic mass is 19.4. The Hall–Kier alpha value is -2.00. The lowest BCUT2D eigenvalue weighted by Gasteiger charge is -2.23. The molecule has 1 aromatic carbocycles. The molecule has 1 N–H and O–H groups in total. The fourth-order valence-electron chi connectivity index (χ4n) is 3.16. The molecule has 0 spiro atoms. The Morgan fingerprint density at radius 1 is 1.29 bits per heavy atom. The quantitative estimate of drug-likeness (QED) is 0.411. The van der Waals surface area contributed by atoms with Crippen molar-refractivity contribution in [2.75, 3.05) is 54.2 Å². The number of ether oxygens (including phenoxy) is 3. The molecule has 6 nitrogen and oxygen atoms in total. The molecule has 158 valence electrons. The number of guanidine groups is 1. The maximum absolute atomic E-state index is 13.3. The highest BCUT2D eigenvalue weighted by Gasteiger charge is 2.34. The first-order valence-electron chi connectivity index (χ1n) is 9.15. The number of alkyl halides is 3. The van der Waals surface area contributed by atoms with Gasteiger partial charge in [0.25, 0.3) is 0 Å². The molecule has 0 aliphatic carbocycles. The Balaban J connectivity index is 1.94. The summed E-state index contributed by atoms with van der Waals surface area (Å²) in [6.07, 6.45) is -3.50. The third-order valence-corrected chi connectivity index (χ3v) is 4.64. The summed E-state index contributed by atoms with van der Waals surface area (Å²) in [4.78, 5) is 6.26. The van der Waals surface area contributed by atoms with Crippen molar-refractivity contribution in [1.29, 1.82) is 0 Å². The Kier molecular flexibility index (Phi) is 8.37. The van der Waals surface area contributed by atoms with Crippen LogP contribution in [0.1, 0.15) is 17.5 Å². The number of aliphatic imine (C=N–C) groups is 1. The van der Waals surface area contributed by atoms with Crippen LogP contribution in [0.2, 0.25) is 0 Å². The second-order valence-corrected chi connectivity index (χ2v) is 6.59. The van der Waals surface area contributed by atoms with Gasteiger partial charge < -0.3 is 24.4 Å². The van der Waals surface area contributed by atoms with E-state index in [1.165, 1.54) is 19.2 Å². The lowest BCUT2D eigenvalue weighted by atomic mass is 10.1. The molecule has 1 aliphatic heterocycles. The second kappa shape index (κ2) is 10.5. The minimum atomic E-state index is -4.45. The van der Waals surface area contributed by atoms with E-state index in [0.29, 0.717) is 31.7 Å². The molecule has 1 fully saturated rings. The number of likely N-dealkylation sites (tertiary alicyclic amines) is 1. The standard InChI is InChI=1S/C19H28F3N3O3/c1-23-18(25-7-6-14(12-25)13-28-9-8-26-2)24-11-15-4-5-16(27-3)10-17(15)19(20,21)22/h4-5,10,14H,6-9,11-13H2,1-3H3,(H,23,24). The van der Waals surface area contributed by atoms with Gasteiger partial charge in [-0.3, -0.25) is 4.99 Å². The summed E-state index contributed by atoms with van der Waals surface area (Å²) in [6, 6.07) is 3.97. The molecule has 1 aliphatic rings. The number of methoxy groups -OCH3 is 2. The van der Waals surface area contributed by atoms with E-state index < -0.39 is 11.7 Å². The lowest BCUT2D eigenvalue weighted by molar-refractivity contribution is -0.138. The third kappa shape index (κ3) is 6.27. The van der Waals surface area contributed by atoms with Crippen molar-refractivity contribution in [1.82, 2.24) is 10.2 Å². The molecule has 0 radical (unpaired) electrons. The lowest BCUT2D eigenvalue weighted by Crippen LogP contribution is -2.40. The van der Waals surface area contributed by atoms with Gasteiger partial charge in [0, 0.05) is 39.7 Å². The van der Waals surface area contributed by atoms with Crippen molar-refractivity contribution in [2.24, 2.45) is 10.9 Å². The Bertz CT molecular complexity index is 653. The van der Waals surface area contributed by atoms with Gasteiger partial charge in [0.1, 0.15) is 5.75 Å². The van der Waals surface area contributed by atoms with Crippen LogP contribution in [0.3, 0.4) is 0 Å². The van der Waals surface area contributed by atoms with E-state index in [-0.39, 0.29) is 17.9 Å². The van der Waals surface area contributed by atoms with Crippen LogP contribution in [-0.4, -0.2) is 65.0 Å². The highest BCUT2D eigenvalue weighted by molar-refractivity contribution is 5.80. The van der Waals surface area contributed by atoms with Crippen LogP contribution in [0.4, 0.5) is 13.2 Å². The number of hydrogen-bond donors (Lipinski definition) is 1. The van der Waals surface area contributed by atoms with E-state index in [0.717, 1.165) is 25.6 Å². The van der Waals surface area contributed by atoms with E-state index in [1.54, 1.807) is 14.2 Å². The summed E-state index contributed by atoms with van der Waals surface area (Å²) in [7, 11) is 4.60. The van der Waals surface area contributed by atoms with E-state index in [4.69, 9.17) is 14.2 Å². The van der Waals surface area contributed by atoms with Gasteiger partial charge in [-0.05, 0) is 24.1 Å². The summed E-state index contributed by atoms with van der Waals surface area (Å²) in [5.74, 6) is 1.13. The average molecular weight is 403 g/mol. The van der Waals surface area contributed by atoms with Crippen molar-refractivity contribution in [3.05, 3.63) is 29.3 Å². The molecular weight excluding hydrogens is 375 g/mol. The van der Waals surface area contributed by atoms with E-state index in [2.05, 4.69) is 10.3 Å². The monoisotopic (exact) mass is 403 g/mol. The van der Waals surface area contributed by atoms with E-state index in [1.807, 2.05) is 4.90 Å². The molecule has 1 unspecified atom stereocenters. The van der Waals surface area contributed by atoms with Crippen LogP contribution in [0.15, 0.2) is 23.2 Å². The fourth-order valence-corrected chi connectivity index (χ4v) is 3.16. The molecular formula is C19H28F3N3O3. The zero-order valence-electron chi connectivity index (χ0n) is 16.5. The molecule has 1 atom stereocenters. The maximum Gasteiger partial charge on any atom is 0.416 e. The predicted molar refractivity (Wildman–Crippen MR) is 101 cm³/mol. The number of halogens is 3. The molecule has 0 amide bonds. The van der Waals surface area contributed by atoms with Gasteiger partial charge in [0.15, 0.2) is 5.96 Å². The van der Waals surface area contributed by atoms with Crippen LogP contribution in [0.5, 0.6) is 5.75 Å². The molecule has 1 saturated heterocycles.